The molecule has 2 rings (SSSR count). The van der Waals surface area contributed by atoms with Crippen molar-refractivity contribution >= 4 is 0 Å². The van der Waals surface area contributed by atoms with Crippen LogP contribution in [0.25, 0.3) is 0 Å². The Balaban J connectivity index is 1.79. The van der Waals surface area contributed by atoms with Crippen LogP contribution < -0.4 is 5.32 Å². The molecule has 2 aliphatic rings. The molecule has 2 unspecified atom stereocenters. The van der Waals surface area contributed by atoms with Crippen molar-refractivity contribution in [2.75, 3.05) is 52.9 Å². The molecule has 1 heterocycles. The molecule has 1 saturated heterocycles. The van der Waals surface area contributed by atoms with Crippen molar-refractivity contribution in [2.45, 2.75) is 32.7 Å². The van der Waals surface area contributed by atoms with E-state index in [1.165, 1.54) is 19.4 Å². The average molecular weight is 269 g/mol. The van der Waals surface area contributed by atoms with Gasteiger partial charge in [0.1, 0.15) is 0 Å². The molecule has 2 atom stereocenters. The first-order valence-electron chi connectivity index (χ1n) is 7.79. The van der Waals surface area contributed by atoms with Gasteiger partial charge in [-0.25, -0.2) is 0 Å². The van der Waals surface area contributed by atoms with Crippen molar-refractivity contribution in [1.82, 2.24) is 15.1 Å². The number of aliphatic hydroxyl groups excluding tert-OH is 1. The van der Waals surface area contributed by atoms with Gasteiger partial charge in [0.15, 0.2) is 0 Å². The molecule has 2 N–H and O–H groups in total. The van der Waals surface area contributed by atoms with Crippen molar-refractivity contribution in [3.63, 3.8) is 0 Å². The first kappa shape index (κ1) is 15.2. The monoisotopic (exact) mass is 269 g/mol. The molecule has 0 aromatic heterocycles. The molecule has 0 aromatic rings. The van der Waals surface area contributed by atoms with E-state index in [4.69, 9.17) is 5.11 Å². The minimum atomic E-state index is 0.290. The van der Waals surface area contributed by atoms with Gasteiger partial charge < -0.3 is 15.3 Å². The second kappa shape index (κ2) is 6.53. The van der Waals surface area contributed by atoms with Crippen molar-refractivity contribution in [1.29, 1.82) is 0 Å². The molecule has 1 saturated carbocycles. The lowest BCUT2D eigenvalue weighted by Gasteiger charge is -2.38. The molecule has 1 aliphatic carbocycles. The summed E-state index contributed by atoms with van der Waals surface area (Å²) in [5.41, 5.74) is 0.443. The summed E-state index contributed by atoms with van der Waals surface area (Å²) < 4.78 is 0. The van der Waals surface area contributed by atoms with E-state index in [0.29, 0.717) is 18.1 Å². The number of hydrogen-bond donors (Lipinski definition) is 2. The lowest BCUT2D eigenvalue weighted by atomic mass is 9.85. The van der Waals surface area contributed by atoms with Crippen molar-refractivity contribution in [3.05, 3.63) is 0 Å². The normalized spacial score (nSPS) is 32.8. The fourth-order valence-corrected chi connectivity index (χ4v) is 4.01. The second-order valence-electron chi connectivity index (χ2n) is 6.92. The van der Waals surface area contributed by atoms with Crippen LogP contribution >= 0.6 is 0 Å². The summed E-state index contributed by atoms with van der Waals surface area (Å²) in [7, 11) is 2.12. The molecule has 19 heavy (non-hydrogen) atoms. The Labute approximate surface area is 118 Å². The van der Waals surface area contributed by atoms with Crippen LogP contribution in [0.1, 0.15) is 26.7 Å². The van der Waals surface area contributed by atoms with E-state index in [1.807, 2.05) is 0 Å². The molecule has 1 aliphatic heterocycles. The summed E-state index contributed by atoms with van der Waals surface area (Å²) in [5.74, 6) is 0.796. The fraction of sp³-hybridized carbons (Fsp3) is 1.00. The largest absolute Gasteiger partial charge is 0.395 e. The molecule has 0 bridgehead atoms. The first-order valence-corrected chi connectivity index (χ1v) is 7.79. The standard InChI is InChI=1S/C15H31N3O/c1-15(2)5-4-13(14(15)16-3)12-18-8-6-17(7-9-18)10-11-19/h13-14,16,19H,4-12H2,1-3H3. The zero-order chi connectivity index (χ0) is 13.9. The SMILES string of the molecule is CNC1C(CN2CCN(CCO)CC2)CCC1(C)C. The highest BCUT2D eigenvalue weighted by Gasteiger charge is 2.41. The third kappa shape index (κ3) is 3.69. The quantitative estimate of drug-likeness (QED) is 0.767. The van der Waals surface area contributed by atoms with Gasteiger partial charge in [-0.05, 0) is 31.2 Å². The highest BCUT2D eigenvalue weighted by molar-refractivity contribution is 4.96. The molecule has 0 aromatic carbocycles. The van der Waals surface area contributed by atoms with E-state index in [2.05, 4.69) is 36.0 Å². The van der Waals surface area contributed by atoms with Gasteiger partial charge in [-0.1, -0.05) is 13.8 Å². The molecule has 0 radical (unpaired) electrons. The Bertz CT molecular complexity index is 275. The van der Waals surface area contributed by atoms with Crippen LogP contribution in [0, 0.1) is 11.3 Å². The number of nitrogens with zero attached hydrogens (tertiary/aromatic N) is 2. The van der Waals surface area contributed by atoms with Crippen molar-refractivity contribution in [3.8, 4) is 0 Å². The molecule has 112 valence electrons. The smallest absolute Gasteiger partial charge is 0.0558 e. The van der Waals surface area contributed by atoms with Gasteiger partial charge in [0.2, 0.25) is 0 Å². The van der Waals surface area contributed by atoms with Crippen LogP contribution in [-0.2, 0) is 0 Å². The van der Waals surface area contributed by atoms with E-state index < -0.39 is 0 Å². The van der Waals surface area contributed by atoms with Crippen LogP contribution in [0.15, 0.2) is 0 Å². The molecule has 4 heteroatoms. The van der Waals surface area contributed by atoms with Crippen LogP contribution in [0.2, 0.25) is 0 Å². The van der Waals surface area contributed by atoms with E-state index in [9.17, 15) is 0 Å². The number of β-amino-alcohol motifs (C(OH)–C–C–N with tert-alkyl or cyclic N) is 1. The Kier molecular flexibility index (Phi) is 5.23. The van der Waals surface area contributed by atoms with Crippen molar-refractivity contribution < 1.29 is 5.11 Å². The fourth-order valence-electron chi connectivity index (χ4n) is 4.01. The number of piperazine rings is 1. The highest BCUT2D eigenvalue weighted by Crippen LogP contribution is 2.41. The summed E-state index contributed by atoms with van der Waals surface area (Å²) in [6.07, 6.45) is 2.70. The van der Waals surface area contributed by atoms with Crippen LogP contribution in [0.5, 0.6) is 0 Å². The Morgan fingerprint density at radius 1 is 1.16 bits per heavy atom. The maximum atomic E-state index is 8.97. The summed E-state index contributed by atoms with van der Waals surface area (Å²) in [5, 5.41) is 12.5. The number of aliphatic hydroxyl groups is 1. The lowest BCUT2D eigenvalue weighted by Crippen LogP contribution is -2.50. The average Bonchev–Trinajstić information content (AvgIpc) is 2.67. The highest BCUT2D eigenvalue weighted by atomic mass is 16.3. The number of rotatable bonds is 5. The minimum absolute atomic E-state index is 0.290. The van der Waals surface area contributed by atoms with E-state index in [-0.39, 0.29) is 0 Å². The molecule has 0 spiro atoms. The predicted molar refractivity (Wildman–Crippen MR) is 79.3 cm³/mol. The van der Waals surface area contributed by atoms with Gasteiger partial charge in [0, 0.05) is 45.3 Å². The third-order valence-corrected chi connectivity index (χ3v) is 5.16. The predicted octanol–water partition coefficient (Wildman–Crippen LogP) is 0.621. The van der Waals surface area contributed by atoms with E-state index >= 15 is 0 Å². The maximum absolute atomic E-state index is 8.97. The summed E-state index contributed by atoms with van der Waals surface area (Å²) in [6.45, 7) is 11.7. The van der Waals surface area contributed by atoms with Gasteiger partial charge in [-0.2, -0.15) is 0 Å². The zero-order valence-electron chi connectivity index (χ0n) is 12.9. The van der Waals surface area contributed by atoms with E-state index in [1.54, 1.807) is 0 Å². The molecule has 0 amide bonds. The summed E-state index contributed by atoms with van der Waals surface area (Å²) in [4.78, 5) is 4.98. The second-order valence-corrected chi connectivity index (χ2v) is 6.92. The Hall–Kier alpha value is -0.160. The molecule has 2 fully saturated rings. The zero-order valence-corrected chi connectivity index (χ0v) is 12.9. The van der Waals surface area contributed by atoms with Gasteiger partial charge in [0.25, 0.3) is 0 Å². The topological polar surface area (TPSA) is 38.7 Å². The van der Waals surface area contributed by atoms with Gasteiger partial charge in [0.05, 0.1) is 6.61 Å². The minimum Gasteiger partial charge on any atom is -0.395 e. The summed E-state index contributed by atoms with van der Waals surface area (Å²) >= 11 is 0. The van der Waals surface area contributed by atoms with Crippen molar-refractivity contribution in [2.24, 2.45) is 11.3 Å². The molecular formula is C15H31N3O. The summed E-state index contributed by atoms with van der Waals surface area (Å²) in [6, 6.07) is 0.656. The van der Waals surface area contributed by atoms with Gasteiger partial charge >= 0.3 is 0 Å². The van der Waals surface area contributed by atoms with Crippen LogP contribution in [0.4, 0.5) is 0 Å². The lowest BCUT2D eigenvalue weighted by molar-refractivity contribution is 0.0951. The number of hydrogen-bond acceptors (Lipinski definition) is 4. The Morgan fingerprint density at radius 2 is 1.79 bits per heavy atom. The third-order valence-electron chi connectivity index (χ3n) is 5.16. The van der Waals surface area contributed by atoms with E-state index in [0.717, 1.165) is 38.6 Å². The molecule has 4 nitrogen and oxygen atoms in total. The van der Waals surface area contributed by atoms with Gasteiger partial charge in [-0.3, -0.25) is 4.90 Å². The van der Waals surface area contributed by atoms with Crippen LogP contribution in [-0.4, -0.2) is 73.9 Å². The number of nitrogens with one attached hydrogen (secondary N) is 1. The maximum Gasteiger partial charge on any atom is 0.0558 e. The first-order chi connectivity index (χ1) is 9.06. The Morgan fingerprint density at radius 3 is 2.37 bits per heavy atom. The van der Waals surface area contributed by atoms with Gasteiger partial charge in [-0.15, -0.1) is 0 Å². The molecular weight excluding hydrogens is 238 g/mol. The van der Waals surface area contributed by atoms with Crippen LogP contribution in [0.3, 0.4) is 0 Å².